The summed E-state index contributed by atoms with van der Waals surface area (Å²) in [6.45, 7) is 6.77. The van der Waals surface area contributed by atoms with Gasteiger partial charge in [0.2, 0.25) is 0 Å². The molecule has 0 saturated carbocycles. The number of rotatable bonds is 8. The number of benzene rings is 2. The highest BCUT2D eigenvalue weighted by molar-refractivity contribution is 6.05. The number of hydrogen-bond donors (Lipinski definition) is 0. The Balaban J connectivity index is 1.35. The Morgan fingerprint density at radius 1 is 1.23 bits per heavy atom. The van der Waals surface area contributed by atoms with Gasteiger partial charge in [-0.3, -0.25) is 4.79 Å². The van der Waals surface area contributed by atoms with Gasteiger partial charge in [0.25, 0.3) is 5.91 Å². The molecule has 0 radical (unpaired) electrons. The molecule has 1 unspecified atom stereocenters. The third-order valence-electron chi connectivity index (χ3n) is 6.31. The Bertz CT molecular complexity index is 1010. The van der Waals surface area contributed by atoms with E-state index in [-0.39, 0.29) is 5.91 Å². The quantitative estimate of drug-likeness (QED) is 0.522. The number of likely N-dealkylation sites (tertiary alicyclic amines) is 1. The van der Waals surface area contributed by atoms with Gasteiger partial charge in [-0.15, -0.1) is 0 Å². The van der Waals surface area contributed by atoms with Crippen molar-refractivity contribution in [2.45, 2.75) is 26.2 Å². The van der Waals surface area contributed by atoms with Gasteiger partial charge >= 0.3 is 0 Å². The van der Waals surface area contributed by atoms with Crippen LogP contribution in [-0.2, 0) is 6.42 Å². The highest BCUT2D eigenvalue weighted by Gasteiger charge is 2.25. The van der Waals surface area contributed by atoms with E-state index in [1.54, 1.807) is 13.4 Å². The first-order chi connectivity index (χ1) is 15.2. The van der Waals surface area contributed by atoms with Crippen LogP contribution in [0, 0.1) is 5.92 Å². The Labute approximate surface area is 184 Å². The van der Waals surface area contributed by atoms with Crippen LogP contribution in [0.2, 0.25) is 0 Å². The molecule has 5 heteroatoms. The number of ether oxygens (including phenoxy) is 1. The maximum Gasteiger partial charge on any atom is 0.257 e. The molecular weight excluding hydrogens is 388 g/mol. The smallest absolute Gasteiger partial charge is 0.257 e. The number of fused-ring (bicyclic) bond motifs is 1. The van der Waals surface area contributed by atoms with Crippen molar-refractivity contribution < 1.29 is 13.9 Å². The monoisotopic (exact) mass is 420 g/mol. The molecule has 31 heavy (non-hydrogen) atoms. The molecule has 0 aliphatic carbocycles. The van der Waals surface area contributed by atoms with Crippen molar-refractivity contribution in [2.75, 3.05) is 39.8 Å². The number of furan rings is 1. The fourth-order valence-electron chi connectivity index (χ4n) is 4.60. The fourth-order valence-corrected chi connectivity index (χ4v) is 4.60. The second kappa shape index (κ2) is 10.0. The van der Waals surface area contributed by atoms with E-state index < -0.39 is 0 Å². The average molecular weight is 421 g/mol. The summed E-state index contributed by atoms with van der Waals surface area (Å²) in [7, 11) is 1.71. The second-order valence-corrected chi connectivity index (χ2v) is 8.40. The van der Waals surface area contributed by atoms with Crippen molar-refractivity contribution in [3.63, 3.8) is 0 Å². The third-order valence-corrected chi connectivity index (χ3v) is 6.31. The van der Waals surface area contributed by atoms with Crippen molar-refractivity contribution in [2.24, 2.45) is 5.92 Å². The van der Waals surface area contributed by atoms with Gasteiger partial charge in [-0.05, 0) is 62.4 Å². The zero-order valence-electron chi connectivity index (χ0n) is 18.5. The highest BCUT2D eigenvalue weighted by atomic mass is 16.5. The summed E-state index contributed by atoms with van der Waals surface area (Å²) in [5.41, 5.74) is 2.74. The molecule has 0 spiro atoms. The van der Waals surface area contributed by atoms with Gasteiger partial charge in [-0.2, -0.15) is 0 Å². The Kier molecular flexibility index (Phi) is 6.92. The third kappa shape index (κ3) is 5.10. The first-order valence-electron chi connectivity index (χ1n) is 11.3. The van der Waals surface area contributed by atoms with Gasteiger partial charge in [0, 0.05) is 31.6 Å². The van der Waals surface area contributed by atoms with E-state index >= 15 is 0 Å². The van der Waals surface area contributed by atoms with E-state index in [1.807, 2.05) is 35.2 Å². The Morgan fingerprint density at radius 2 is 2.10 bits per heavy atom. The lowest BCUT2D eigenvalue weighted by molar-refractivity contribution is 0.0691. The van der Waals surface area contributed by atoms with Gasteiger partial charge in [-0.25, -0.2) is 0 Å². The largest absolute Gasteiger partial charge is 0.497 e. The van der Waals surface area contributed by atoms with Crippen LogP contribution in [0.3, 0.4) is 0 Å². The van der Waals surface area contributed by atoms with Crippen LogP contribution < -0.4 is 4.74 Å². The van der Waals surface area contributed by atoms with E-state index in [0.717, 1.165) is 49.3 Å². The van der Waals surface area contributed by atoms with Gasteiger partial charge in [-0.1, -0.05) is 30.3 Å². The van der Waals surface area contributed by atoms with Crippen molar-refractivity contribution in [1.82, 2.24) is 9.80 Å². The summed E-state index contributed by atoms with van der Waals surface area (Å²) in [4.78, 5) is 17.7. The molecule has 1 atom stereocenters. The SMILES string of the molecule is CCN(CC1CCCN(CCc2cccc(OC)c2)C1)C(=O)c1coc2ccccc12. The van der Waals surface area contributed by atoms with Crippen LogP contribution in [0.4, 0.5) is 0 Å². The summed E-state index contributed by atoms with van der Waals surface area (Å²) in [6, 6.07) is 16.1. The van der Waals surface area contributed by atoms with Crippen molar-refractivity contribution in [3.05, 3.63) is 65.9 Å². The molecular formula is C26H32N2O3. The highest BCUT2D eigenvalue weighted by Crippen LogP contribution is 2.24. The first kappa shape index (κ1) is 21.4. The van der Waals surface area contributed by atoms with Crippen molar-refractivity contribution in [3.8, 4) is 5.75 Å². The number of piperidine rings is 1. The standard InChI is InChI=1S/C26H32N2O3/c1-3-28(26(29)24-19-31-25-12-5-4-11-23(24)25)18-21-9-7-14-27(17-21)15-13-20-8-6-10-22(16-20)30-2/h4-6,8,10-12,16,19,21H,3,7,9,13-15,17-18H2,1-2H3. The zero-order chi connectivity index (χ0) is 21.6. The number of hydrogen-bond acceptors (Lipinski definition) is 4. The minimum absolute atomic E-state index is 0.0703. The normalized spacial score (nSPS) is 17.0. The molecule has 1 aliphatic heterocycles. The van der Waals surface area contributed by atoms with Crippen LogP contribution in [-0.4, -0.2) is 55.5 Å². The van der Waals surface area contributed by atoms with Gasteiger partial charge in [0.15, 0.2) is 0 Å². The molecule has 1 amide bonds. The Hall–Kier alpha value is -2.79. The van der Waals surface area contributed by atoms with E-state index in [1.165, 1.54) is 18.4 Å². The topological polar surface area (TPSA) is 45.9 Å². The maximum atomic E-state index is 13.2. The minimum atomic E-state index is 0.0703. The number of para-hydroxylation sites is 1. The zero-order valence-corrected chi connectivity index (χ0v) is 18.5. The van der Waals surface area contributed by atoms with Gasteiger partial charge in [0.1, 0.15) is 17.6 Å². The lowest BCUT2D eigenvalue weighted by Gasteiger charge is -2.35. The van der Waals surface area contributed by atoms with Crippen molar-refractivity contribution >= 4 is 16.9 Å². The molecule has 1 aromatic heterocycles. The Morgan fingerprint density at radius 3 is 2.94 bits per heavy atom. The number of carbonyl (C=O) groups excluding carboxylic acids is 1. The van der Waals surface area contributed by atoms with Crippen LogP contribution >= 0.6 is 0 Å². The molecule has 4 rings (SSSR count). The molecule has 5 nitrogen and oxygen atoms in total. The van der Waals surface area contributed by atoms with E-state index in [4.69, 9.17) is 9.15 Å². The molecule has 3 aromatic rings. The first-order valence-corrected chi connectivity index (χ1v) is 11.3. The fraction of sp³-hybridized carbons (Fsp3) is 0.423. The van der Waals surface area contributed by atoms with Crippen LogP contribution in [0.5, 0.6) is 5.75 Å². The maximum absolute atomic E-state index is 13.2. The van der Waals surface area contributed by atoms with Gasteiger partial charge < -0.3 is 19.0 Å². The lowest BCUT2D eigenvalue weighted by Crippen LogP contribution is -2.43. The predicted molar refractivity (Wildman–Crippen MR) is 124 cm³/mol. The van der Waals surface area contributed by atoms with Gasteiger partial charge in [0.05, 0.1) is 12.7 Å². The van der Waals surface area contributed by atoms with Crippen LogP contribution in [0.25, 0.3) is 11.0 Å². The van der Waals surface area contributed by atoms with E-state index in [9.17, 15) is 4.79 Å². The second-order valence-electron chi connectivity index (χ2n) is 8.40. The predicted octanol–water partition coefficient (Wildman–Crippen LogP) is 4.86. The van der Waals surface area contributed by atoms with E-state index in [2.05, 4.69) is 30.0 Å². The summed E-state index contributed by atoms with van der Waals surface area (Å²) < 4.78 is 10.9. The molecule has 1 aliphatic rings. The number of amides is 1. The molecule has 1 fully saturated rings. The molecule has 2 heterocycles. The molecule has 1 saturated heterocycles. The number of methoxy groups -OCH3 is 1. The molecule has 0 bridgehead atoms. The molecule has 164 valence electrons. The van der Waals surface area contributed by atoms with Crippen molar-refractivity contribution in [1.29, 1.82) is 0 Å². The lowest BCUT2D eigenvalue weighted by atomic mass is 9.96. The molecule has 0 N–H and O–H groups in total. The van der Waals surface area contributed by atoms with Crippen LogP contribution in [0.1, 0.15) is 35.7 Å². The molecule has 2 aromatic carbocycles. The number of carbonyl (C=O) groups is 1. The average Bonchev–Trinajstić information content (AvgIpc) is 3.25. The summed E-state index contributed by atoms with van der Waals surface area (Å²) in [6.07, 6.45) is 4.98. The number of nitrogens with zero attached hydrogens (tertiary/aromatic N) is 2. The van der Waals surface area contributed by atoms with E-state index in [0.29, 0.717) is 18.0 Å². The van der Waals surface area contributed by atoms with Crippen LogP contribution in [0.15, 0.2) is 59.2 Å². The summed E-state index contributed by atoms with van der Waals surface area (Å²) in [5, 5.41) is 0.898. The summed E-state index contributed by atoms with van der Waals surface area (Å²) >= 11 is 0. The summed E-state index contributed by atoms with van der Waals surface area (Å²) in [5.74, 6) is 1.49. The minimum Gasteiger partial charge on any atom is -0.497 e.